The van der Waals surface area contributed by atoms with Gasteiger partial charge in [0.05, 0.1) is 46.2 Å². The van der Waals surface area contributed by atoms with Gasteiger partial charge in [0.25, 0.3) is 0 Å². The molecule has 35 heteroatoms. The highest BCUT2D eigenvalue weighted by atomic mass is 16.8. The van der Waals surface area contributed by atoms with E-state index in [2.05, 4.69) is 4.74 Å². The van der Waals surface area contributed by atoms with Crippen LogP contribution in [-0.4, -0.2) is 377 Å². The molecule has 1 aliphatic carbocycles. The van der Waals surface area contributed by atoms with Crippen molar-refractivity contribution in [3.8, 4) is 0 Å². The maximum absolute atomic E-state index is 10.00. The van der Waals surface area contributed by atoms with Gasteiger partial charge >= 0.3 is 0 Å². The van der Waals surface area contributed by atoms with Crippen molar-refractivity contribution in [3.63, 3.8) is 0 Å². The highest BCUT2D eigenvalue weighted by Crippen LogP contribution is 2.36. The summed E-state index contributed by atoms with van der Waals surface area (Å²) in [5.74, 6) is -4.38. The van der Waals surface area contributed by atoms with Gasteiger partial charge < -0.3 is 177 Å². The zero-order valence-electron chi connectivity index (χ0n) is 37.1. The molecule has 0 bridgehead atoms. The zero-order valence-corrected chi connectivity index (χ0v) is 37.1. The molecule has 3 aliphatic heterocycles. The van der Waals surface area contributed by atoms with Crippen LogP contribution in [0.2, 0.25) is 0 Å². The number of ether oxygens (including phenoxy) is 4. The van der Waals surface area contributed by atoms with Crippen LogP contribution in [0.1, 0.15) is 0 Å². The van der Waals surface area contributed by atoms with Crippen LogP contribution in [0.3, 0.4) is 0 Å². The Morgan fingerprint density at radius 1 is 0.423 bits per heavy atom. The number of carbonyl (C=O) groups excluding carboxylic acids is 1. The van der Waals surface area contributed by atoms with Gasteiger partial charge in [-0.05, 0) is 0 Å². The number of hydrogen-bond acceptors (Lipinski definition) is 35. The predicted octanol–water partition coefficient (Wildman–Crippen LogP) is -19.4. The van der Waals surface area contributed by atoms with E-state index in [-0.39, 0.29) is 6.29 Å². The summed E-state index contributed by atoms with van der Waals surface area (Å²) in [6.45, 7) is -5.89. The molecule has 1 saturated carbocycles. The van der Waals surface area contributed by atoms with Crippen molar-refractivity contribution >= 4 is 6.29 Å². The van der Waals surface area contributed by atoms with E-state index in [9.17, 15) is 40.5 Å². The number of hydrogen-bond donors (Lipinski definition) is 30. The van der Waals surface area contributed by atoms with Crippen molar-refractivity contribution in [1.29, 1.82) is 0 Å². The van der Waals surface area contributed by atoms with Crippen molar-refractivity contribution in [2.24, 2.45) is 0 Å². The van der Waals surface area contributed by atoms with E-state index < -0.39 is 217 Å². The molecule has 3 heterocycles. The molecule has 0 unspecified atom stereocenters. The maximum Gasteiger partial charge on any atom is 0.224 e. The highest BCUT2D eigenvalue weighted by Gasteiger charge is 2.58. The second-order valence-corrected chi connectivity index (χ2v) is 16.1. The zero-order chi connectivity index (χ0) is 55.6. The third-order valence-electron chi connectivity index (χ3n) is 11.0. The number of aldehydes is 1. The Balaban J connectivity index is 0.000000896. The molecular weight excluding hydrogens is 992 g/mol. The summed E-state index contributed by atoms with van der Waals surface area (Å²) in [7, 11) is 0. The summed E-state index contributed by atoms with van der Waals surface area (Å²) in [6, 6.07) is 0. The Hall–Kier alpha value is -1.69. The number of carbonyl (C=O) groups is 1. The third-order valence-corrected chi connectivity index (χ3v) is 11.0. The van der Waals surface area contributed by atoms with Crippen molar-refractivity contribution < 1.29 is 177 Å². The average Bonchev–Trinajstić information content (AvgIpc) is 3.77. The van der Waals surface area contributed by atoms with Crippen LogP contribution in [0.25, 0.3) is 0 Å². The maximum atomic E-state index is 10.00. The van der Waals surface area contributed by atoms with Crippen LogP contribution < -0.4 is 0 Å². The summed E-state index contributed by atoms with van der Waals surface area (Å²) in [5.41, 5.74) is 0. The van der Waals surface area contributed by atoms with Crippen LogP contribution in [0.4, 0.5) is 0 Å². The van der Waals surface area contributed by atoms with Crippen molar-refractivity contribution in [3.05, 3.63) is 0 Å². The second kappa shape index (κ2) is 32.0. The molecule has 35 nitrogen and oxygen atoms in total. The highest BCUT2D eigenvalue weighted by molar-refractivity contribution is 5.56. The molecule has 21 atom stereocenters. The van der Waals surface area contributed by atoms with E-state index in [0.717, 1.165) is 0 Å². The molecule has 4 rings (SSSR count). The van der Waals surface area contributed by atoms with Crippen LogP contribution in [-0.2, 0) is 23.7 Å². The number of aliphatic hydroxyl groups is 30. The van der Waals surface area contributed by atoms with E-state index in [1.165, 1.54) is 0 Å². The normalized spacial score (nSPS) is 41.3. The fourth-order valence-electron chi connectivity index (χ4n) is 6.28. The van der Waals surface area contributed by atoms with Gasteiger partial charge in [0.2, 0.25) is 11.6 Å². The molecule has 0 aromatic carbocycles. The molecule has 0 amide bonds. The standard InChI is InChI=1S/C12H22O11.2C6H12O6.C6H14O6.C6H12O6/c13-1-4-6(16)8(18)9(19)11(21-4)23-12(3-15)10(20)7(17)5(2-14)22-12;7-1-3-4(9)5(10)6(11,2-8)12-3;7-1-2(8)4(10)6(12)5(11)3(1)9;2*7-1-3(9)5(11)6(12)4(10)2-8/h4-11,13-20H,1-3H2;3-5,7-11H,1-2H2;1-12H;3-12H,1-2H2;1,3-6,8-12H,2H2/t4-,5-,6-,7-,8+,9-,10+,11-,12+;3-,4-,5+,6-;1-,2-,3-,4+,5-,6-;3-,4+,5-,6-;3-,4+,5+,6+/m11.10/s1. The van der Waals surface area contributed by atoms with Gasteiger partial charge in [0.15, 0.2) is 12.6 Å². The van der Waals surface area contributed by atoms with Crippen LogP contribution in [0, 0.1) is 0 Å². The topological polar surface area (TPSA) is 661 Å². The van der Waals surface area contributed by atoms with Gasteiger partial charge in [-0.25, -0.2) is 0 Å². The summed E-state index contributed by atoms with van der Waals surface area (Å²) >= 11 is 0. The first-order valence-corrected chi connectivity index (χ1v) is 20.9. The van der Waals surface area contributed by atoms with Crippen molar-refractivity contribution in [1.82, 2.24) is 0 Å². The molecule has 0 aromatic heterocycles. The van der Waals surface area contributed by atoms with Gasteiger partial charge in [0.1, 0.15) is 153 Å². The fraction of sp³-hybridized carbons (Fsp3) is 0.972. The Kier molecular flexibility index (Phi) is 31.3. The molecule has 3 saturated heterocycles. The lowest BCUT2D eigenvalue weighted by Gasteiger charge is -2.43. The Bertz CT molecular complexity index is 1340. The van der Waals surface area contributed by atoms with Crippen molar-refractivity contribution in [2.45, 2.75) is 164 Å². The first-order chi connectivity index (χ1) is 32.9. The Morgan fingerprint density at radius 3 is 1.04 bits per heavy atom. The number of aliphatic hydroxyl groups excluding tert-OH is 29. The minimum atomic E-state index is -2.22. The monoisotopic (exact) mass is 1060 g/mol. The van der Waals surface area contributed by atoms with Crippen LogP contribution in [0.15, 0.2) is 0 Å². The van der Waals surface area contributed by atoms with E-state index in [1.807, 2.05) is 0 Å². The van der Waals surface area contributed by atoms with Crippen LogP contribution >= 0.6 is 0 Å². The smallest absolute Gasteiger partial charge is 0.224 e. The number of rotatable bonds is 17. The quantitative estimate of drug-likeness (QED) is 0.0602. The first-order valence-electron chi connectivity index (χ1n) is 20.9. The van der Waals surface area contributed by atoms with E-state index in [0.29, 0.717) is 0 Å². The lowest BCUT2D eigenvalue weighted by Crippen LogP contribution is -2.63. The lowest BCUT2D eigenvalue weighted by molar-refractivity contribution is -0.383. The average molecular weight is 1060 g/mol. The summed E-state index contributed by atoms with van der Waals surface area (Å²) < 4.78 is 20.1. The van der Waals surface area contributed by atoms with Gasteiger partial charge in [-0.15, -0.1) is 0 Å². The molecule has 0 radical (unpaired) electrons. The first kappa shape index (κ1) is 69.3. The van der Waals surface area contributed by atoms with E-state index in [1.54, 1.807) is 0 Å². The Morgan fingerprint density at radius 2 is 0.761 bits per heavy atom. The van der Waals surface area contributed by atoms with Crippen molar-refractivity contribution in [2.75, 3.05) is 52.9 Å². The third kappa shape index (κ3) is 18.0. The molecular formula is C36H72O35. The molecule has 4 aliphatic rings. The molecule has 0 spiro atoms. The summed E-state index contributed by atoms with van der Waals surface area (Å²) in [6.07, 6.45) is -39.8. The molecule has 30 N–H and O–H groups in total. The molecule has 4 fully saturated rings. The Labute approximate surface area is 400 Å². The van der Waals surface area contributed by atoms with Gasteiger partial charge in [-0.2, -0.15) is 0 Å². The second-order valence-electron chi connectivity index (χ2n) is 16.1. The van der Waals surface area contributed by atoms with Gasteiger partial charge in [0, 0.05) is 0 Å². The van der Waals surface area contributed by atoms with Gasteiger partial charge in [-0.1, -0.05) is 0 Å². The largest absolute Gasteiger partial charge is 0.394 e. The van der Waals surface area contributed by atoms with Gasteiger partial charge in [-0.3, -0.25) is 0 Å². The van der Waals surface area contributed by atoms with E-state index in [4.69, 9.17) is 132 Å². The van der Waals surface area contributed by atoms with Crippen LogP contribution in [0.5, 0.6) is 0 Å². The summed E-state index contributed by atoms with van der Waals surface area (Å²) in [5, 5.41) is 271. The molecule has 71 heavy (non-hydrogen) atoms. The molecule has 426 valence electrons. The minimum absolute atomic E-state index is 0.0258. The lowest BCUT2D eigenvalue weighted by atomic mass is 9.85. The van der Waals surface area contributed by atoms with E-state index >= 15 is 0 Å². The summed E-state index contributed by atoms with van der Waals surface area (Å²) in [4.78, 5) is 9.90. The fourth-order valence-corrected chi connectivity index (χ4v) is 6.28. The SMILES string of the molecule is O=C[C@H](O)[C@@H](O)[C@H](O)[C@H](O)CO.OC[C@@H](O)[C@@H](O)[C@H](O)[C@@H](O)CO.OC[C@H]1O[C@@](CO)(O[C@H]2O[C@H](CO)[C@@H](O)[C@H](O)[C@H]2O)[C@@H](O)[C@@H]1O.OC[C@H]1O[C@](O)(CO)[C@@H](O)[C@@H]1O.O[C@H]1[C@H](O)[C@@H](O)[C@H](O)[C@@H](O)[C@H]1O. The minimum Gasteiger partial charge on any atom is -0.394 e. The molecule has 0 aromatic rings. The predicted molar refractivity (Wildman–Crippen MR) is 216 cm³/mol.